The summed E-state index contributed by atoms with van der Waals surface area (Å²) in [5.41, 5.74) is 8.80. The predicted octanol–water partition coefficient (Wildman–Crippen LogP) is 1.20. The van der Waals surface area contributed by atoms with Crippen LogP contribution in [0.1, 0.15) is 24.1 Å². The van der Waals surface area contributed by atoms with Crippen LogP contribution >= 0.6 is 0 Å². The highest BCUT2D eigenvalue weighted by molar-refractivity contribution is 5.99. The van der Waals surface area contributed by atoms with E-state index in [1.54, 1.807) is 0 Å². The molecule has 0 aliphatic carbocycles. The fourth-order valence-electron chi connectivity index (χ4n) is 1.53. The zero-order valence-electron chi connectivity index (χ0n) is 7.50. The second kappa shape index (κ2) is 2.85. The smallest absolute Gasteiger partial charge is 0.228 e. The maximum absolute atomic E-state index is 11.0. The Hall–Kier alpha value is -1.35. The highest BCUT2D eigenvalue weighted by Crippen LogP contribution is 2.25. The molecule has 1 heterocycles. The number of amides is 1. The van der Waals surface area contributed by atoms with Crippen molar-refractivity contribution < 1.29 is 4.79 Å². The fourth-order valence-corrected chi connectivity index (χ4v) is 1.53. The Morgan fingerprint density at radius 3 is 3.00 bits per heavy atom. The van der Waals surface area contributed by atoms with Gasteiger partial charge in [0.05, 0.1) is 6.42 Å². The summed E-state index contributed by atoms with van der Waals surface area (Å²) >= 11 is 0. The molecule has 1 aromatic carbocycles. The van der Waals surface area contributed by atoms with Crippen molar-refractivity contribution in [2.24, 2.45) is 5.73 Å². The highest BCUT2D eigenvalue weighted by Gasteiger charge is 2.17. The number of nitrogens with one attached hydrogen (secondary N) is 1. The zero-order valence-corrected chi connectivity index (χ0v) is 7.50. The molecule has 3 nitrogen and oxygen atoms in total. The largest absolute Gasteiger partial charge is 0.326 e. The van der Waals surface area contributed by atoms with E-state index in [2.05, 4.69) is 5.32 Å². The third-order valence-electron chi connectivity index (χ3n) is 2.28. The van der Waals surface area contributed by atoms with Gasteiger partial charge in [0, 0.05) is 11.7 Å². The molecule has 0 fully saturated rings. The summed E-state index contributed by atoms with van der Waals surface area (Å²) in [7, 11) is 0. The van der Waals surface area contributed by atoms with E-state index in [0.29, 0.717) is 6.42 Å². The molecule has 1 aliphatic heterocycles. The summed E-state index contributed by atoms with van der Waals surface area (Å²) in [6.07, 6.45) is 0.482. The second-order valence-electron chi connectivity index (χ2n) is 3.43. The molecule has 1 aromatic rings. The van der Waals surface area contributed by atoms with Gasteiger partial charge in [0.2, 0.25) is 5.91 Å². The molecule has 0 radical (unpaired) electrons. The van der Waals surface area contributed by atoms with Crippen LogP contribution in [0.3, 0.4) is 0 Å². The Bertz CT molecular complexity index is 358. The Morgan fingerprint density at radius 2 is 2.31 bits per heavy atom. The number of anilines is 1. The first kappa shape index (κ1) is 8.26. The first-order chi connectivity index (χ1) is 6.16. The molecule has 3 N–H and O–H groups in total. The molecule has 0 unspecified atom stereocenters. The second-order valence-corrected chi connectivity index (χ2v) is 3.43. The average molecular weight is 176 g/mol. The van der Waals surface area contributed by atoms with Crippen LogP contribution in [0.4, 0.5) is 5.69 Å². The normalized spacial score (nSPS) is 16.6. The monoisotopic (exact) mass is 176 g/mol. The molecule has 0 bridgehead atoms. The lowest BCUT2D eigenvalue weighted by molar-refractivity contribution is -0.115. The number of hydrogen-bond donors (Lipinski definition) is 2. The van der Waals surface area contributed by atoms with Crippen molar-refractivity contribution in [3.63, 3.8) is 0 Å². The van der Waals surface area contributed by atoms with E-state index in [1.807, 2.05) is 25.1 Å². The van der Waals surface area contributed by atoms with E-state index in [4.69, 9.17) is 5.73 Å². The van der Waals surface area contributed by atoms with Gasteiger partial charge in [0.1, 0.15) is 0 Å². The van der Waals surface area contributed by atoms with Crippen LogP contribution in [-0.4, -0.2) is 5.91 Å². The summed E-state index contributed by atoms with van der Waals surface area (Å²) in [4.78, 5) is 11.0. The van der Waals surface area contributed by atoms with Gasteiger partial charge in [-0.2, -0.15) is 0 Å². The quantitative estimate of drug-likeness (QED) is 0.675. The molecule has 3 heteroatoms. The van der Waals surface area contributed by atoms with Crippen LogP contribution in [0.5, 0.6) is 0 Å². The Kier molecular flexibility index (Phi) is 1.81. The Morgan fingerprint density at radius 1 is 1.54 bits per heavy atom. The van der Waals surface area contributed by atoms with Crippen LogP contribution in [0.25, 0.3) is 0 Å². The number of hydrogen-bond acceptors (Lipinski definition) is 2. The van der Waals surface area contributed by atoms with Gasteiger partial charge in [-0.05, 0) is 24.1 Å². The summed E-state index contributed by atoms with van der Waals surface area (Å²) < 4.78 is 0. The molecule has 0 saturated carbocycles. The zero-order chi connectivity index (χ0) is 9.42. The number of rotatable bonds is 1. The molecule has 13 heavy (non-hydrogen) atoms. The van der Waals surface area contributed by atoms with Crippen LogP contribution in [0, 0.1) is 0 Å². The van der Waals surface area contributed by atoms with Crippen molar-refractivity contribution >= 4 is 11.6 Å². The average Bonchev–Trinajstić information content (AvgIpc) is 2.42. The van der Waals surface area contributed by atoms with Crippen molar-refractivity contribution in [1.29, 1.82) is 0 Å². The summed E-state index contributed by atoms with van der Waals surface area (Å²) in [6, 6.07) is 5.90. The molecule has 1 atom stereocenters. The molecular weight excluding hydrogens is 164 g/mol. The molecule has 0 aromatic heterocycles. The van der Waals surface area contributed by atoms with Crippen molar-refractivity contribution in [3.8, 4) is 0 Å². The van der Waals surface area contributed by atoms with Gasteiger partial charge < -0.3 is 11.1 Å². The molecule has 0 saturated heterocycles. The van der Waals surface area contributed by atoms with Gasteiger partial charge in [-0.1, -0.05) is 12.1 Å². The van der Waals surface area contributed by atoms with Crippen LogP contribution in [0.2, 0.25) is 0 Å². The van der Waals surface area contributed by atoms with Crippen molar-refractivity contribution in [1.82, 2.24) is 0 Å². The number of benzene rings is 1. The van der Waals surface area contributed by atoms with Crippen molar-refractivity contribution in [2.75, 3.05) is 5.32 Å². The third kappa shape index (κ3) is 1.42. The molecule has 1 amide bonds. The molecule has 1 aliphatic rings. The molecular formula is C10H12N2O. The summed E-state index contributed by atoms with van der Waals surface area (Å²) in [5, 5.41) is 2.78. The number of nitrogens with two attached hydrogens (primary N) is 1. The van der Waals surface area contributed by atoms with Gasteiger partial charge in [-0.15, -0.1) is 0 Å². The van der Waals surface area contributed by atoms with E-state index in [1.165, 1.54) is 0 Å². The van der Waals surface area contributed by atoms with Crippen LogP contribution < -0.4 is 11.1 Å². The number of carbonyl (C=O) groups is 1. The predicted molar refractivity (Wildman–Crippen MR) is 51.4 cm³/mol. The van der Waals surface area contributed by atoms with E-state index in [9.17, 15) is 4.79 Å². The van der Waals surface area contributed by atoms with E-state index >= 15 is 0 Å². The lowest BCUT2D eigenvalue weighted by Gasteiger charge is -2.06. The lowest BCUT2D eigenvalue weighted by atomic mass is 10.0. The topological polar surface area (TPSA) is 55.1 Å². The molecule has 0 spiro atoms. The number of carbonyl (C=O) groups excluding carboxylic acids is 1. The molecule has 2 rings (SSSR count). The van der Waals surface area contributed by atoms with Crippen LogP contribution in [0.15, 0.2) is 18.2 Å². The fraction of sp³-hybridized carbons (Fsp3) is 0.300. The standard InChI is InChI=1S/C10H12N2O/c1-6(11)7-2-3-9-8(4-7)5-10(13)12-9/h2-4,6H,5,11H2,1H3,(H,12,13)/t6-/m1/s1. The highest BCUT2D eigenvalue weighted by atomic mass is 16.1. The minimum Gasteiger partial charge on any atom is -0.326 e. The van der Waals surface area contributed by atoms with E-state index in [0.717, 1.165) is 16.8 Å². The maximum atomic E-state index is 11.0. The van der Waals surface area contributed by atoms with E-state index in [-0.39, 0.29) is 11.9 Å². The SMILES string of the molecule is C[C@@H](N)c1ccc2c(c1)CC(=O)N2. The van der Waals surface area contributed by atoms with Crippen LogP contribution in [-0.2, 0) is 11.2 Å². The van der Waals surface area contributed by atoms with Gasteiger partial charge >= 0.3 is 0 Å². The minimum absolute atomic E-state index is 0.0287. The third-order valence-corrected chi connectivity index (χ3v) is 2.28. The first-order valence-electron chi connectivity index (χ1n) is 4.35. The van der Waals surface area contributed by atoms with E-state index < -0.39 is 0 Å². The van der Waals surface area contributed by atoms with Gasteiger partial charge in [0.25, 0.3) is 0 Å². The van der Waals surface area contributed by atoms with Crippen molar-refractivity contribution in [3.05, 3.63) is 29.3 Å². The summed E-state index contributed by atoms with van der Waals surface area (Å²) in [5.74, 6) is 0.0665. The lowest BCUT2D eigenvalue weighted by Crippen LogP contribution is -2.04. The first-order valence-corrected chi connectivity index (χ1v) is 4.35. The maximum Gasteiger partial charge on any atom is 0.228 e. The van der Waals surface area contributed by atoms with Gasteiger partial charge in [-0.3, -0.25) is 4.79 Å². The minimum atomic E-state index is 0.0287. The van der Waals surface area contributed by atoms with Gasteiger partial charge in [0.15, 0.2) is 0 Å². The molecule has 68 valence electrons. The number of fused-ring (bicyclic) bond motifs is 1. The van der Waals surface area contributed by atoms with Crippen molar-refractivity contribution in [2.45, 2.75) is 19.4 Å². The Labute approximate surface area is 76.9 Å². The van der Waals surface area contributed by atoms with Gasteiger partial charge in [-0.25, -0.2) is 0 Å². The summed E-state index contributed by atoms with van der Waals surface area (Å²) in [6.45, 7) is 1.94. The Balaban J connectivity index is 2.40.